The molecule has 0 aliphatic heterocycles. The van der Waals surface area contributed by atoms with Gasteiger partial charge < -0.3 is 10.5 Å². The van der Waals surface area contributed by atoms with Gasteiger partial charge in [-0.25, -0.2) is 4.39 Å². The number of benzene rings is 1. The standard InChI is InChI=1S/C12H10BrClFNOS/c13-12-4-3-11(18-12)10(6-16)17-7-1-2-8(14)9(15)5-7/h1-5,10H,6,16H2. The molecule has 1 atom stereocenters. The van der Waals surface area contributed by atoms with Crippen LogP contribution < -0.4 is 10.5 Å². The maximum absolute atomic E-state index is 13.3. The molecule has 18 heavy (non-hydrogen) atoms. The Hall–Kier alpha value is -0.620. The second kappa shape index (κ2) is 6.02. The summed E-state index contributed by atoms with van der Waals surface area (Å²) in [7, 11) is 0. The van der Waals surface area contributed by atoms with Gasteiger partial charge in [-0.1, -0.05) is 11.6 Å². The third kappa shape index (κ3) is 3.23. The van der Waals surface area contributed by atoms with Crippen LogP contribution in [0, 0.1) is 5.82 Å². The van der Waals surface area contributed by atoms with Crippen molar-refractivity contribution in [3.8, 4) is 5.75 Å². The summed E-state index contributed by atoms with van der Waals surface area (Å²) in [6.45, 7) is 0.317. The van der Waals surface area contributed by atoms with Gasteiger partial charge in [-0.05, 0) is 40.2 Å². The molecule has 0 saturated heterocycles. The molecule has 2 N–H and O–H groups in total. The molecule has 1 aromatic heterocycles. The Kier molecular flexibility index (Phi) is 4.61. The molecule has 1 heterocycles. The topological polar surface area (TPSA) is 35.2 Å². The van der Waals surface area contributed by atoms with E-state index in [2.05, 4.69) is 15.9 Å². The Balaban J connectivity index is 2.17. The first kappa shape index (κ1) is 13.8. The van der Waals surface area contributed by atoms with E-state index in [0.717, 1.165) is 8.66 Å². The Morgan fingerprint density at radius 2 is 2.17 bits per heavy atom. The quantitative estimate of drug-likeness (QED) is 0.888. The predicted molar refractivity (Wildman–Crippen MR) is 75.9 cm³/mol. The molecule has 0 amide bonds. The molecule has 0 aliphatic rings. The molecule has 0 fully saturated rings. The lowest BCUT2D eigenvalue weighted by molar-refractivity contribution is 0.217. The third-order valence-electron chi connectivity index (χ3n) is 2.29. The van der Waals surface area contributed by atoms with E-state index in [1.807, 2.05) is 12.1 Å². The highest BCUT2D eigenvalue weighted by atomic mass is 79.9. The largest absolute Gasteiger partial charge is 0.483 e. The van der Waals surface area contributed by atoms with Gasteiger partial charge in [-0.15, -0.1) is 11.3 Å². The minimum Gasteiger partial charge on any atom is -0.483 e. The predicted octanol–water partition coefficient (Wildman–Crippen LogP) is 4.38. The summed E-state index contributed by atoms with van der Waals surface area (Å²) in [4.78, 5) is 0.986. The van der Waals surface area contributed by atoms with Crippen LogP contribution in [-0.2, 0) is 0 Å². The number of rotatable bonds is 4. The van der Waals surface area contributed by atoms with E-state index in [9.17, 15) is 4.39 Å². The minimum absolute atomic E-state index is 0.0746. The van der Waals surface area contributed by atoms with Gasteiger partial charge in [0.15, 0.2) is 0 Å². The molecule has 2 aromatic rings. The fourth-order valence-electron chi connectivity index (χ4n) is 1.44. The molecule has 6 heteroatoms. The molecule has 0 spiro atoms. The zero-order valence-corrected chi connectivity index (χ0v) is 12.4. The van der Waals surface area contributed by atoms with Crippen molar-refractivity contribution in [2.75, 3.05) is 6.54 Å². The smallest absolute Gasteiger partial charge is 0.145 e. The molecule has 96 valence electrons. The van der Waals surface area contributed by atoms with Crippen molar-refractivity contribution in [1.29, 1.82) is 0 Å². The van der Waals surface area contributed by atoms with E-state index in [-0.39, 0.29) is 11.1 Å². The first-order valence-electron chi connectivity index (χ1n) is 5.17. The summed E-state index contributed by atoms with van der Waals surface area (Å²) >= 11 is 10.5. The van der Waals surface area contributed by atoms with Gasteiger partial charge in [0.1, 0.15) is 17.7 Å². The van der Waals surface area contributed by atoms with Crippen molar-refractivity contribution in [3.05, 3.63) is 49.8 Å². The van der Waals surface area contributed by atoms with Gasteiger partial charge in [0.25, 0.3) is 0 Å². The second-order valence-electron chi connectivity index (χ2n) is 3.56. The summed E-state index contributed by atoms with van der Waals surface area (Å²) in [5.74, 6) is -0.0887. The maximum Gasteiger partial charge on any atom is 0.145 e. The first-order valence-corrected chi connectivity index (χ1v) is 7.16. The number of thiophene rings is 1. The highest BCUT2D eigenvalue weighted by Gasteiger charge is 2.14. The summed E-state index contributed by atoms with van der Waals surface area (Å²) in [6, 6.07) is 8.20. The fraction of sp³-hybridized carbons (Fsp3) is 0.167. The molecule has 1 aromatic carbocycles. The van der Waals surface area contributed by atoms with Crippen LogP contribution in [0.5, 0.6) is 5.75 Å². The van der Waals surface area contributed by atoms with Crippen molar-refractivity contribution in [3.63, 3.8) is 0 Å². The van der Waals surface area contributed by atoms with Crippen molar-refractivity contribution >= 4 is 38.9 Å². The van der Waals surface area contributed by atoms with Gasteiger partial charge in [0.2, 0.25) is 0 Å². The van der Waals surface area contributed by atoms with Gasteiger partial charge in [0.05, 0.1) is 8.81 Å². The van der Waals surface area contributed by atoms with Gasteiger partial charge in [-0.2, -0.15) is 0 Å². The van der Waals surface area contributed by atoms with Gasteiger partial charge >= 0.3 is 0 Å². The average molecular weight is 351 g/mol. The molecular formula is C12H10BrClFNOS. The average Bonchev–Trinajstić information content (AvgIpc) is 2.77. The molecule has 0 bridgehead atoms. The zero-order valence-electron chi connectivity index (χ0n) is 9.20. The SMILES string of the molecule is NCC(Oc1ccc(Cl)c(F)c1)c1ccc(Br)s1. The third-order valence-corrected chi connectivity index (χ3v) is 4.32. The summed E-state index contributed by atoms with van der Waals surface area (Å²) in [5, 5.41) is 0.0746. The molecule has 0 radical (unpaired) electrons. The molecule has 1 unspecified atom stereocenters. The normalized spacial score (nSPS) is 12.4. The number of ether oxygens (including phenoxy) is 1. The van der Waals surface area contributed by atoms with Crippen LogP contribution in [0.25, 0.3) is 0 Å². The summed E-state index contributed by atoms with van der Waals surface area (Å²) in [5.41, 5.74) is 5.68. The molecule has 0 saturated carbocycles. The van der Waals surface area contributed by atoms with E-state index in [1.165, 1.54) is 23.5 Å². The van der Waals surface area contributed by atoms with Crippen molar-refractivity contribution in [2.45, 2.75) is 6.10 Å². The first-order chi connectivity index (χ1) is 8.60. The van der Waals surface area contributed by atoms with Crippen LogP contribution in [0.15, 0.2) is 34.1 Å². The van der Waals surface area contributed by atoms with E-state index in [1.54, 1.807) is 6.07 Å². The Labute approximate surface area is 122 Å². The second-order valence-corrected chi connectivity index (χ2v) is 6.46. The lowest BCUT2D eigenvalue weighted by Crippen LogP contribution is -2.17. The van der Waals surface area contributed by atoms with Gasteiger partial charge in [0, 0.05) is 17.5 Å². The van der Waals surface area contributed by atoms with Gasteiger partial charge in [-0.3, -0.25) is 0 Å². The van der Waals surface area contributed by atoms with Crippen LogP contribution in [0.2, 0.25) is 5.02 Å². The van der Waals surface area contributed by atoms with Crippen LogP contribution >= 0.6 is 38.9 Å². The van der Waals surface area contributed by atoms with Crippen molar-refractivity contribution in [1.82, 2.24) is 0 Å². The zero-order chi connectivity index (χ0) is 13.1. The van der Waals surface area contributed by atoms with E-state index in [4.69, 9.17) is 22.1 Å². The highest BCUT2D eigenvalue weighted by molar-refractivity contribution is 9.11. The maximum atomic E-state index is 13.3. The Morgan fingerprint density at radius 1 is 1.39 bits per heavy atom. The van der Waals surface area contributed by atoms with E-state index < -0.39 is 5.82 Å². The number of nitrogens with two attached hydrogens (primary N) is 1. The molecular weight excluding hydrogens is 341 g/mol. The monoisotopic (exact) mass is 349 g/mol. The number of halogens is 3. The van der Waals surface area contributed by atoms with Crippen LogP contribution in [0.1, 0.15) is 11.0 Å². The molecule has 2 nitrogen and oxygen atoms in total. The Bertz CT molecular complexity index is 549. The van der Waals surface area contributed by atoms with Crippen LogP contribution in [0.4, 0.5) is 4.39 Å². The number of hydrogen-bond acceptors (Lipinski definition) is 3. The minimum atomic E-state index is -0.503. The Morgan fingerprint density at radius 3 is 2.72 bits per heavy atom. The van der Waals surface area contributed by atoms with Crippen molar-refractivity contribution < 1.29 is 9.13 Å². The van der Waals surface area contributed by atoms with Crippen molar-refractivity contribution in [2.24, 2.45) is 5.73 Å². The lowest BCUT2D eigenvalue weighted by atomic mass is 10.3. The summed E-state index contributed by atoms with van der Waals surface area (Å²) < 4.78 is 20.0. The molecule has 0 aliphatic carbocycles. The number of hydrogen-bond donors (Lipinski definition) is 1. The highest BCUT2D eigenvalue weighted by Crippen LogP contribution is 2.31. The van der Waals surface area contributed by atoms with E-state index >= 15 is 0 Å². The van der Waals surface area contributed by atoms with Crippen LogP contribution in [-0.4, -0.2) is 6.54 Å². The fourth-order valence-corrected chi connectivity index (χ4v) is 3.02. The van der Waals surface area contributed by atoms with E-state index in [0.29, 0.717) is 12.3 Å². The lowest BCUT2D eigenvalue weighted by Gasteiger charge is -2.16. The van der Waals surface area contributed by atoms with Crippen LogP contribution in [0.3, 0.4) is 0 Å². The summed E-state index contributed by atoms with van der Waals surface area (Å²) in [6.07, 6.45) is -0.290. The molecule has 2 rings (SSSR count).